The molecule has 3 unspecified atom stereocenters. The zero-order valence-electron chi connectivity index (χ0n) is 10.4. The lowest BCUT2D eigenvalue weighted by Gasteiger charge is -2.41. The van der Waals surface area contributed by atoms with Crippen molar-refractivity contribution in [3.05, 3.63) is 30.6 Å². The van der Waals surface area contributed by atoms with Gasteiger partial charge in [0.25, 0.3) is 0 Å². The Morgan fingerprint density at radius 3 is 3.06 bits per heavy atom. The molecule has 1 aromatic heterocycles. The van der Waals surface area contributed by atoms with E-state index < -0.39 is 0 Å². The molecule has 2 aliphatic rings. The van der Waals surface area contributed by atoms with Gasteiger partial charge >= 0.3 is 0 Å². The van der Waals surface area contributed by atoms with Crippen molar-refractivity contribution in [2.75, 3.05) is 24.3 Å². The van der Waals surface area contributed by atoms with Crippen LogP contribution in [-0.2, 0) is 0 Å². The summed E-state index contributed by atoms with van der Waals surface area (Å²) in [7, 11) is 4.14. The van der Waals surface area contributed by atoms with Crippen LogP contribution in [0.5, 0.6) is 0 Å². The van der Waals surface area contributed by atoms with Gasteiger partial charge in [-0.05, 0) is 24.8 Å². The van der Waals surface area contributed by atoms with Crippen molar-refractivity contribution >= 4 is 11.4 Å². The molecular weight excluding hydrogens is 210 g/mol. The van der Waals surface area contributed by atoms with Crippen molar-refractivity contribution in [2.45, 2.75) is 18.9 Å². The van der Waals surface area contributed by atoms with E-state index in [0.29, 0.717) is 6.04 Å². The largest absolute Gasteiger partial charge is 0.379 e. The highest BCUT2D eigenvalue weighted by molar-refractivity contribution is 5.68. The Balaban J connectivity index is 1.75. The van der Waals surface area contributed by atoms with Gasteiger partial charge in [-0.1, -0.05) is 12.2 Å². The lowest BCUT2D eigenvalue weighted by Crippen LogP contribution is -2.43. The minimum atomic E-state index is 0.599. The molecule has 1 saturated carbocycles. The highest BCUT2D eigenvalue weighted by Crippen LogP contribution is 2.44. The first-order chi connectivity index (χ1) is 8.25. The highest BCUT2D eigenvalue weighted by atomic mass is 15.1. The lowest BCUT2D eigenvalue weighted by molar-refractivity contribution is 0.218. The van der Waals surface area contributed by atoms with E-state index >= 15 is 0 Å². The van der Waals surface area contributed by atoms with Crippen LogP contribution in [0.25, 0.3) is 0 Å². The van der Waals surface area contributed by atoms with Crippen LogP contribution in [0.2, 0.25) is 0 Å². The zero-order chi connectivity index (χ0) is 11.8. The predicted molar refractivity (Wildman–Crippen MR) is 71.3 cm³/mol. The van der Waals surface area contributed by atoms with Gasteiger partial charge in [0.2, 0.25) is 0 Å². The van der Waals surface area contributed by atoms with Crippen molar-refractivity contribution in [1.29, 1.82) is 0 Å². The Morgan fingerprint density at radius 1 is 1.41 bits per heavy atom. The molecule has 0 radical (unpaired) electrons. The second-order valence-corrected chi connectivity index (χ2v) is 5.28. The van der Waals surface area contributed by atoms with Crippen LogP contribution >= 0.6 is 0 Å². The number of hydrogen-bond acceptors (Lipinski definition) is 3. The van der Waals surface area contributed by atoms with Crippen molar-refractivity contribution in [3.63, 3.8) is 0 Å². The van der Waals surface area contributed by atoms with Crippen LogP contribution in [0, 0.1) is 11.8 Å². The topological polar surface area (TPSA) is 28.2 Å². The summed E-state index contributed by atoms with van der Waals surface area (Å²) < 4.78 is 0. The van der Waals surface area contributed by atoms with Crippen molar-refractivity contribution in [3.8, 4) is 0 Å². The average molecular weight is 229 g/mol. The number of aromatic nitrogens is 1. The summed E-state index contributed by atoms with van der Waals surface area (Å²) in [5.41, 5.74) is 2.37. The van der Waals surface area contributed by atoms with Gasteiger partial charge in [0.15, 0.2) is 0 Å². The van der Waals surface area contributed by atoms with Gasteiger partial charge in [-0.15, -0.1) is 0 Å². The summed E-state index contributed by atoms with van der Waals surface area (Å²) in [6.07, 6.45) is 11.0. The molecule has 3 nitrogen and oxygen atoms in total. The maximum atomic E-state index is 4.22. The molecule has 1 heterocycles. The minimum absolute atomic E-state index is 0.599. The summed E-state index contributed by atoms with van der Waals surface area (Å²) in [5, 5.41) is 3.64. The van der Waals surface area contributed by atoms with Crippen LogP contribution in [0.15, 0.2) is 30.6 Å². The van der Waals surface area contributed by atoms with Gasteiger partial charge in [0.1, 0.15) is 0 Å². The fourth-order valence-electron chi connectivity index (χ4n) is 2.97. The molecule has 2 aliphatic carbocycles. The molecule has 90 valence electrons. The number of nitrogens with zero attached hydrogens (tertiary/aromatic N) is 2. The molecule has 3 atom stereocenters. The van der Waals surface area contributed by atoms with E-state index in [9.17, 15) is 0 Å². The molecule has 1 aromatic rings. The van der Waals surface area contributed by atoms with Crippen LogP contribution < -0.4 is 10.2 Å². The van der Waals surface area contributed by atoms with Crippen LogP contribution in [-0.4, -0.2) is 25.1 Å². The summed E-state index contributed by atoms with van der Waals surface area (Å²) in [4.78, 5) is 6.35. The minimum Gasteiger partial charge on any atom is -0.379 e. The fraction of sp³-hybridized carbons (Fsp3) is 0.500. The van der Waals surface area contributed by atoms with E-state index in [4.69, 9.17) is 0 Å². The van der Waals surface area contributed by atoms with Crippen molar-refractivity contribution in [2.24, 2.45) is 11.8 Å². The van der Waals surface area contributed by atoms with Gasteiger partial charge in [-0.3, -0.25) is 4.98 Å². The van der Waals surface area contributed by atoms with Crippen molar-refractivity contribution in [1.82, 2.24) is 4.98 Å². The fourth-order valence-corrected chi connectivity index (χ4v) is 2.97. The molecule has 1 fully saturated rings. The summed E-state index contributed by atoms with van der Waals surface area (Å²) in [6, 6.07) is 2.66. The SMILES string of the molecule is CN(C)c1ccncc1NC1CC2CC=CC21. The first kappa shape index (κ1) is 10.6. The molecule has 17 heavy (non-hydrogen) atoms. The Hall–Kier alpha value is -1.51. The van der Waals surface area contributed by atoms with Gasteiger partial charge in [0, 0.05) is 32.3 Å². The number of hydrogen-bond donors (Lipinski definition) is 1. The van der Waals surface area contributed by atoms with Gasteiger partial charge in [0.05, 0.1) is 17.6 Å². The second kappa shape index (κ2) is 4.06. The summed E-state index contributed by atoms with van der Waals surface area (Å²) in [6.45, 7) is 0. The van der Waals surface area contributed by atoms with Gasteiger partial charge in [-0.25, -0.2) is 0 Å². The Labute approximate surface area is 103 Å². The molecule has 1 N–H and O–H groups in total. The molecule has 0 aliphatic heterocycles. The van der Waals surface area contributed by atoms with E-state index in [0.717, 1.165) is 17.5 Å². The smallest absolute Gasteiger partial charge is 0.0766 e. The van der Waals surface area contributed by atoms with Crippen LogP contribution in [0.3, 0.4) is 0 Å². The van der Waals surface area contributed by atoms with E-state index in [1.54, 1.807) is 0 Å². The molecule has 3 rings (SSSR count). The third-order valence-electron chi connectivity index (χ3n) is 3.98. The highest BCUT2D eigenvalue weighted by Gasteiger charge is 2.41. The summed E-state index contributed by atoms with van der Waals surface area (Å²) in [5.74, 6) is 1.64. The number of nitrogens with one attached hydrogen (secondary N) is 1. The Kier molecular flexibility index (Phi) is 2.54. The molecule has 0 saturated heterocycles. The molecule has 3 heteroatoms. The number of fused-ring (bicyclic) bond motifs is 1. The van der Waals surface area contributed by atoms with E-state index in [1.165, 1.54) is 18.5 Å². The van der Waals surface area contributed by atoms with Crippen LogP contribution in [0.1, 0.15) is 12.8 Å². The number of anilines is 2. The van der Waals surface area contributed by atoms with Gasteiger partial charge < -0.3 is 10.2 Å². The Bertz CT molecular complexity index is 439. The zero-order valence-corrected chi connectivity index (χ0v) is 10.4. The Morgan fingerprint density at radius 2 is 2.29 bits per heavy atom. The normalized spacial score (nSPS) is 29.6. The summed E-state index contributed by atoms with van der Waals surface area (Å²) >= 11 is 0. The molecule has 0 spiro atoms. The van der Waals surface area contributed by atoms with Gasteiger partial charge in [-0.2, -0.15) is 0 Å². The molecule has 0 amide bonds. The average Bonchev–Trinajstić information content (AvgIpc) is 2.68. The molecular formula is C14H19N3. The van der Waals surface area contributed by atoms with E-state index in [-0.39, 0.29) is 0 Å². The van der Waals surface area contributed by atoms with E-state index in [1.807, 2.05) is 12.4 Å². The first-order valence-corrected chi connectivity index (χ1v) is 6.30. The third-order valence-corrected chi connectivity index (χ3v) is 3.98. The number of allylic oxidation sites excluding steroid dienone is 1. The van der Waals surface area contributed by atoms with Crippen molar-refractivity contribution < 1.29 is 0 Å². The molecule has 0 bridgehead atoms. The predicted octanol–water partition coefficient (Wildman–Crippen LogP) is 2.52. The monoisotopic (exact) mass is 229 g/mol. The van der Waals surface area contributed by atoms with E-state index in [2.05, 4.69) is 47.5 Å². The van der Waals surface area contributed by atoms with Crippen LogP contribution in [0.4, 0.5) is 11.4 Å². The number of pyridine rings is 1. The first-order valence-electron chi connectivity index (χ1n) is 6.30. The maximum Gasteiger partial charge on any atom is 0.0766 e. The standard InChI is InChI=1S/C14H19N3/c1-17(2)14-6-7-15-9-13(14)16-12-8-10-4-3-5-11(10)12/h3,5-7,9-12,16H,4,8H2,1-2H3. The second-order valence-electron chi connectivity index (χ2n) is 5.28. The lowest BCUT2D eigenvalue weighted by atomic mass is 9.71. The number of rotatable bonds is 3. The third kappa shape index (κ3) is 1.79. The molecule has 0 aromatic carbocycles. The maximum absolute atomic E-state index is 4.22. The quantitative estimate of drug-likeness (QED) is 0.807.